The van der Waals surface area contributed by atoms with Crippen LogP contribution in [0, 0.1) is 12.8 Å². The van der Waals surface area contributed by atoms with Gasteiger partial charge in [0, 0.05) is 32.3 Å². The Kier molecular flexibility index (Phi) is 8.60. The molecule has 0 N–H and O–H groups in total. The van der Waals surface area contributed by atoms with Crippen molar-refractivity contribution in [2.75, 3.05) is 33.2 Å². The molecule has 39 heavy (non-hydrogen) atoms. The molecular weight excluding hydrogens is 504 g/mol. The zero-order valence-corrected chi connectivity index (χ0v) is 24.7. The van der Waals surface area contributed by atoms with Gasteiger partial charge < -0.3 is 9.47 Å². The fourth-order valence-electron chi connectivity index (χ4n) is 6.70. The van der Waals surface area contributed by atoms with E-state index in [2.05, 4.69) is 64.5 Å². The van der Waals surface area contributed by atoms with Crippen LogP contribution in [0.15, 0.2) is 65.8 Å². The van der Waals surface area contributed by atoms with Gasteiger partial charge in [0.2, 0.25) is 0 Å². The fraction of sp³-hybridized carbons (Fsp3) is 0.531. The van der Waals surface area contributed by atoms with E-state index in [1.807, 2.05) is 14.0 Å². The van der Waals surface area contributed by atoms with E-state index in [9.17, 15) is 8.42 Å². The van der Waals surface area contributed by atoms with Gasteiger partial charge in [0.05, 0.1) is 0 Å². The molecule has 2 heterocycles. The molecule has 210 valence electrons. The van der Waals surface area contributed by atoms with E-state index < -0.39 is 10.0 Å². The van der Waals surface area contributed by atoms with E-state index in [1.165, 1.54) is 48.8 Å². The molecule has 0 radical (unpaired) electrons. The van der Waals surface area contributed by atoms with Crippen LogP contribution in [0.25, 0.3) is 0 Å². The van der Waals surface area contributed by atoms with Crippen LogP contribution in [-0.4, -0.2) is 60.4 Å². The lowest BCUT2D eigenvalue weighted by molar-refractivity contribution is 0.158. The summed E-state index contributed by atoms with van der Waals surface area (Å²) in [5.41, 5.74) is 3.98. The topological polar surface area (TPSA) is 58.4 Å². The van der Waals surface area contributed by atoms with E-state index in [-0.39, 0.29) is 10.4 Å². The average molecular weight is 549 g/mol. The molecule has 1 aliphatic carbocycles. The molecule has 1 unspecified atom stereocenters. The van der Waals surface area contributed by atoms with Crippen LogP contribution in [0.2, 0.25) is 0 Å². The molecule has 3 aromatic rings. The minimum atomic E-state index is -3.66. The Balaban J connectivity index is 1.21. The van der Waals surface area contributed by atoms with Crippen molar-refractivity contribution >= 4 is 10.0 Å². The van der Waals surface area contributed by atoms with Crippen LogP contribution in [0.3, 0.4) is 0 Å². The summed E-state index contributed by atoms with van der Waals surface area (Å²) in [6, 6.07) is 19.5. The maximum atomic E-state index is 13.5. The molecule has 2 aromatic carbocycles. The van der Waals surface area contributed by atoms with Crippen LogP contribution in [0.4, 0.5) is 0 Å². The number of aryl methyl sites for hydroxylation is 4. The third-order valence-electron chi connectivity index (χ3n) is 9.28. The van der Waals surface area contributed by atoms with Gasteiger partial charge in [0.25, 0.3) is 10.0 Å². The van der Waals surface area contributed by atoms with Gasteiger partial charge in [-0.15, -0.1) is 0 Å². The first-order valence-electron chi connectivity index (χ1n) is 14.6. The zero-order chi connectivity index (χ0) is 27.5. The van der Waals surface area contributed by atoms with E-state index >= 15 is 0 Å². The lowest BCUT2D eigenvalue weighted by atomic mass is 9.78. The van der Waals surface area contributed by atoms with E-state index in [1.54, 1.807) is 22.1 Å². The number of fused-ring (bicyclic) bond motifs is 1. The summed E-state index contributed by atoms with van der Waals surface area (Å²) in [6.07, 6.45) is 10.9. The number of likely N-dealkylation sites (tertiary alicyclic amines) is 1. The molecule has 0 spiro atoms. The third-order valence-corrected chi connectivity index (χ3v) is 11.0. The van der Waals surface area contributed by atoms with Crippen molar-refractivity contribution < 1.29 is 8.42 Å². The van der Waals surface area contributed by atoms with Crippen molar-refractivity contribution in [2.24, 2.45) is 13.0 Å². The Bertz CT molecular complexity index is 1330. The van der Waals surface area contributed by atoms with Gasteiger partial charge in [0.15, 0.2) is 5.03 Å². The first kappa shape index (κ1) is 28.1. The zero-order valence-electron chi connectivity index (χ0n) is 23.8. The molecule has 1 aromatic heterocycles. The summed E-state index contributed by atoms with van der Waals surface area (Å²) in [7, 11) is -0.0995. The van der Waals surface area contributed by atoms with Crippen molar-refractivity contribution in [3.63, 3.8) is 0 Å². The van der Waals surface area contributed by atoms with Gasteiger partial charge in [-0.2, -0.15) is 4.31 Å². The normalized spacial score (nSPS) is 20.5. The maximum absolute atomic E-state index is 13.5. The van der Waals surface area contributed by atoms with Crippen molar-refractivity contribution in [3.05, 3.63) is 83.3 Å². The van der Waals surface area contributed by atoms with Crippen LogP contribution in [0.5, 0.6) is 0 Å². The summed E-state index contributed by atoms with van der Waals surface area (Å²) >= 11 is 0. The molecule has 5 rings (SSSR count). The van der Waals surface area contributed by atoms with Crippen molar-refractivity contribution in [3.8, 4) is 0 Å². The largest absolute Gasteiger partial charge is 0.337 e. The predicted molar refractivity (Wildman–Crippen MR) is 157 cm³/mol. The Morgan fingerprint density at radius 2 is 1.77 bits per heavy atom. The van der Waals surface area contributed by atoms with Gasteiger partial charge in [0.1, 0.15) is 5.82 Å². The summed E-state index contributed by atoms with van der Waals surface area (Å²) in [4.78, 5) is 6.95. The quantitative estimate of drug-likeness (QED) is 0.324. The van der Waals surface area contributed by atoms with Crippen LogP contribution >= 0.6 is 0 Å². The van der Waals surface area contributed by atoms with Crippen LogP contribution in [0.1, 0.15) is 61.0 Å². The molecule has 1 fully saturated rings. The molecular formula is C32H44N4O2S. The van der Waals surface area contributed by atoms with Gasteiger partial charge in [-0.1, -0.05) is 61.0 Å². The van der Waals surface area contributed by atoms with Gasteiger partial charge in [-0.3, -0.25) is 0 Å². The molecule has 6 nitrogen and oxygen atoms in total. The van der Waals surface area contributed by atoms with E-state index in [0.717, 1.165) is 44.8 Å². The van der Waals surface area contributed by atoms with Gasteiger partial charge in [-0.25, -0.2) is 13.4 Å². The highest BCUT2D eigenvalue weighted by Gasteiger charge is 2.42. The van der Waals surface area contributed by atoms with E-state index in [4.69, 9.17) is 0 Å². The van der Waals surface area contributed by atoms with E-state index in [0.29, 0.717) is 12.4 Å². The molecule has 7 heteroatoms. The Morgan fingerprint density at radius 3 is 2.49 bits per heavy atom. The summed E-state index contributed by atoms with van der Waals surface area (Å²) in [5, 5.41) is 0.140. The molecule has 0 amide bonds. The van der Waals surface area contributed by atoms with Crippen molar-refractivity contribution in [1.82, 2.24) is 18.8 Å². The Labute approximate surface area is 235 Å². The number of benzene rings is 2. The molecule has 2 aliphatic rings. The highest BCUT2D eigenvalue weighted by Crippen LogP contribution is 2.43. The number of hydrogen-bond donors (Lipinski definition) is 0. The second kappa shape index (κ2) is 11.9. The molecule has 1 saturated heterocycles. The lowest BCUT2D eigenvalue weighted by Gasteiger charge is -2.38. The number of piperidine rings is 1. The number of hydrogen-bond acceptors (Lipinski definition) is 4. The lowest BCUT2D eigenvalue weighted by Crippen LogP contribution is -2.44. The molecule has 0 bridgehead atoms. The third kappa shape index (κ3) is 6.31. The number of imidazole rings is 1. The molecule has 1 aliphatic heterocycles. The number of likely N-dealkylation sites (N-methyl/N-ethyl adjacent to an activating group) is 1. The van der Waals surface area contributed by atoms with Gasteiger partial charge >= 0.3 is 0 Å². The number of nitrogens with zero attached hydrogens (tertiary/aromatic N) is 4. The standard InChI is InChI=1S/C32H44N4O2S/c1-26-33-31(24-34(26)2)39(37,38)35(3)25-32(19-16-29-14-7-8-15-30(29)32)20-23-36-21-17-28(18-22-36)13-9-12-27-10-5-4-6-11-27/h4-8,10-11,14-15,24,28H,9,12-13,16-23,25H2,1-3H3. The highest BCUT2D eigenvalue weighted by molar-refractivity contribution is 7.89. The Hall–Kier alpha value is -2.48. The second-order valence-electron chi connectivity index (χ2n) is 11.8. The predicted octanol–water partition coefficient (Wildman–Crippen LogP) is 5.36. The van der Waals surface area contributed by atoms with Crippen molar-refractivity contribution in [1.29, 1.82) is 0 Å². The first-order valence-corrected chi connectivity index (χ1v) is 16.0. The van der Waals surface area contributed by atoms with Gasteiger partial charge in [-0.05, 0) is 94.1 Å². The number of aromatic nitrogens is 2. The molecule has 1 atom stereocenters. The smallest absolute Gasteiger partial charge is 0.261 e. The highest BCUT2D eigenvalue weighted by atomic mass is 32.2. The minimum absolute atomic E-state index is 0.140. The van der Waals surface area contributed by atoms with Crippen molar-refractivity contribution in [2.45, 2.75) is 68.7 Å². The number of sulfonamides is 1. The molecule has 0 saturated carbocycles. The SMILES string of the molecule is Cc1nc(S(=O)(=O)N(C)CC2(CCN3CCC(CCCc4ccccc4)CC3)CCc3ccccc32)cn1C. The summed E-state index contributed by atoms with van der Waals surface area (Å²) in [6.45, 7) is 5.63. The monoisotopic (exact) mass is 548 g/mol. The maximum Gasteiger partial charge on any atom is 0.261 e. The number of rotatable bonds is 11. The average Bonchev–Trinajstić information content (AvgIpc) is 3.49. The first-order chi connectivity index (χ1) is 18.8. The minimum Gasteiger partial charge on any atom is -0.337 e. The van der Waals surface area contributed by atoms with Crippen LogP contribution < -0.4 is 0 Å². The Morgan fingerprint density at radius 1 is 1.05 bits per heavy atom. The summed E-state index contributed by atoms with van der Waals surface area (Å²) in [5.74, 6) is 1.52. The summed E-state index contributed by atoms with van der Waals surface area (Å²) < 4.78 is 30.3. The van der Waals surface area contributed by atoms with Crippen LogP contribution in [-0.2, 0) is 35.3 Å². The fourth-order valence-corrected chi connectivity index (χ4v) is 7.97. The second-order valence-corrected chi connectivity index (χ2v) is 13.8.